The number of carbonyl (C=O) groups excluding carboxylic acids is 4. The number of rotatable bonds is 17. The molecule has 0 radical (unpaired) electrons. The van der Waals surface area contributed by atoms with Crippen molar-refractivity contribution in [3.05, 3.63) is 145 Å². The van der Waals surface area contributed by atoms with E-state index in [-0.39, 0.29) is 66.2 Å². The van der Waals surface area contributed by atoms with Gasteiger partial charge in [-0.15, -0.1) is 12.4 Å². The van der Waals surface area contributed by atoms with Crippen molar-refractivity contribution in [2.24, 2.45) is 5.73 Å². The van der Waals surface area contributed by atoms with Crippen molar-refractivity contribution in [2.45, 2.75) is 166 Å². The zero-order chi connectivity index (χ0) is 73.6. The Hall–Kier alpha value is -11.0. The second-order valence-electron chi connectivity index (χ2n) is 29.1. The predicted molar refractivity (Wildman–Crippen MR) is 417 cm³/mol. The number of carboxylic acid groups (broad SMARTS) is 1. The Morgan fingerprint density at radius 3 is 1.13 bits per heavy atom. The Kier molecular flexibility index (Phi) is 26.4. The summed E-state index contributed by atoms with van der Waals surface area (Å²) in [5.41, 5.74) is 10.7. The molecule has 6 fully saturated rings. The molecular formula is C76H97ClN22O8. The van der Waals surface area contributed by atoms with Gasteiger partial charge in [-0.1, -0.05) is 0 Å². The monoisotopic (exact) mass is 1480 g/mol. The van der Waals surface area contributed by atoms with Crippen LogP contribution < -0.4 is 59.7 Å². The minimum absolute atomic E-state index is 0. The number of fused-ring (bicyclic) bond motifs is 3. The topological polar surface area (TPSA) is 416 Å². The first-order valence-electron chi connectivity index (χ1n) is 36.1. The third kappa shape index (κ3) is 23.5. The van der Waals surface area contributed by atoms with Crippen LogP contribution in [-0.2, 0) is 9.47 Å². The third-order valence-corrected chi connectivity index (χ3v) is 17.8. The van der Waals surface area contributed by atoms with Gasteiger partial charge in [-0.25, -0.2) is 44.3 Å². The summed E-state index contributed by atoms with van der Waals surface area (Å²) < 4.78 is 10.7. The van der Waals surface area contributed by atoms with Crippen molar-refractivity contribution in [3.8, 4) is 0 Å². The summed E-state index contributed by atoms with van der Waals surface area (Å²) in [5.74, 6) is 2.57. The number of ether oxygens (including phenoxy) is 2. The number of nitrogens with two attached hydrogens (primary N) is 1. The zero-order valence-electron chi connectivity index (χ0n) is 61.2. The summed E-state index contributed by atoms with van der Waals surface area (Å²) >= 11 is 0. The minimum Gasteiger partial charge on any atom is -0.478 e. The van der Waals surface area contributed by atoms with E-state index >= 15 is 0 Å². The fraction of sp³-hybridized carbons (Fsp3) is 0.421. The summed E-state index contributed by atoms with van der Waals surface area (Å²) in [4.78, 5) is 104. The highest BCUT2D eigenvalue weighted by atomic mass is 35.5. The highest BCUT2D eigenvalue weighted by Crippen LogP contribution is 2.33. The van der Waals surface area contributed by atoms with E-state index in [1.807, 2.05) is 108 Å². The van der Waals surface area contributed by atoms with Crippen molar-refractivity contribution < 1.29 is 38.6 Å². The number of aromatic nitrogens is 9. The molecule has 3 aliphatic carbocycles. The molecule has 9 aromatic heterocycles. The van der Waals surface area contributed by atoms with Crippen LogP contribution >= 0.6 is 12.4 Å². The maximum absolute atomic E-state index is 13.2. The quantitative estimate of drug-likeness (QED) is 0.0403. The van der Waals surface area contributed by atoms with E-state index in [1.54, 1.807) is 65.4 Å². The second-order valence-corrected chi connectivity index (χ2v) is 29.1. The molecule has 9 aromatic rings. The van der Waals surface area contributed by atoms with Gasteiger partial charge in [0, 0.05) is 153 Å². The average Bonchev–Trinajstić information content (AvgIpc) is 1.82. The number of nitrogens with one attached hydrogen (secondary N) is 9. The number of aromatic carboxylic acids is 1. The van der Waals surface area contributed by atoms with Crippen molar-refractivity contribution >= 4 is 127 Å². The standard InChI is InChI=1S/C27H33N7O3.C22H25N7O.C17H15N5O2.C10H20N2O2.ClH.H3N/c1-27(2,3)37-26(36)34-12-9-19(10-13-34)31-25(35)20-16-29-24(14-22(20)30-18-5-6-18)33-23-7-4-17-15-28-11-8-21(17)32-23;30-22(27-16-5-8-23-9-6-16)17-13-25-21(11-19(17)26-15-2-3-15)29-20-4-1-14-12-24-10-7-18(14)28-20;23-17(24)12-9-19-16(7-14(12)20-11-2-3-11)22-15-4-1-10-8-18-6-5-13(10)21-15;1-10(2,3)14-9(13)12-6-4-8(11)5-7-12;;/h4,7-8,11,14-16,18-19H,5-6,9-10,12-13H2,1-3H3,(H,31,35)(H2,29,30,32,33);1,4,7,10-13,15-16,23H,2-3,5-6,8-9H2,(H,27,30)(H2,25,26,28,29);1,4-9,11H,2-3H2,(H,23,24)(H2,19,20,21,22);8H,4-7,11H2,1-3H3;1H;1H3. The summed E-state index contributed by atoms with van der Waals surface area (Å²) in [6.07, 6.45) is 26.1. The Labute approximate surface area is 627 Å². The first-order valence-corrected chi connectivity index (χ1v) is 36.1. The van der Waals surface area contributed by atoms with E-state index in [4.69, 9.17) is 15.2 Å². The lowest BCUT2D eigenvalue weighted by molar-refractivity contribution is 0.0191. The van der Waals surface area contributed by atoms with E-state index in [0.717, 1.165) is 134 Å². The molecule has 0 aromatic carbocycles. The number of pyridine rings is 9. The van der Waals surface area contributed by atoms with Crippen LogP contribution in [0.1, 0.15) is 150 Å². The molecular weight excluding hydrogens is 1380 g/mol. The fourth-order valence-electron chi connectivity index (χ4n) is 11.7. The number of halogens is 1. The Bertz CT molecular complexity index is 4550. The molecule has 15 rings (SSSR count). The van der Waals surface area contributed by atoms with Crippen molar-refractivity contribution in [1.82, 2.24) is 76.8 Å². The molecule has 3 aliphatic heterocycles. The van der Waals surface area contributed by atoms with Gasteiger partial charge in [-0.2, -0.15) is 0 Å². The normalized spacial score (nSPS) is 16.0. The lowest BCUT2D eigenvalue weighted by Crippen LogP contribution is -2.47. The van der Waals surface area contributed by atoms with E-state index in [1.165, 1.54) is 6.20 Å². The minimum atomic E-state index is -0.992. The molecule has 30 nitrogen and oxygen atoms in total. The van der Waals surface area contributed by atoms with Crippen LogP contribution in [0.15, 0.2) is 129 Å². The molecule has 4 amide bonds. The van der Waals surface area contributed by atoms with Gasteiger partial charge < -0.3 is 84.1 Å². The van der Waals surface area contributed by atoms with Gasteiger partial charge in [-0.3, -0.25) is 24.5 Å². The molecule has 3 saturated carbocycles. The van der Waals surface area contributed by atoms with Gasteiger partial charge in [0.2, 0.25) is 0 Å². The van der Waals surface area contributed by atoms with Gasteiger partial charge in [0.15, 0.2) is 0 Å². The van der Waals surface area contributed by atoms with E-state index in [0.29, 0.717) is 95.8 Å². The molecule has 12 heterocycles. The number of hydrogen-bond acceptors (Lipinski definition) is 25. The summed E-state index contributed by atoms with van der Waals surface area (Å²) in [6, 6.07) is 24.1. The molecule has 0 atom stereocenters. The van der Waals surface area contributed by atoms with E-state index in [2.05, 4.69) is 92.7 Å². The SMILES string of the molecule is CC(C)(C)OC(=O)N1CCC(N)CC1.CC(C)(C)OC(=O)N1CCC(NC(=O)c2cnc(Nc3ccc4cnccc4n3)cc2NC2CC2)CC1.Cl.N.O=C(NC1CCNCC1)c1cnc(Nc2ccc3cnccc3n2)cc1NC1CC1.O=C(O)c1cnc(Nc2ccc3cnccc3n2)cc1NC1CC1. The van der Waals surface area contributed by atoms with E-state index < -0.39 is 17.2 Å². The highest BCUT2D eigenvalue weighted by Gasteiger charge is 2.32. The summed E-state index contributed by atoms with van der Waals surface area (Å²) in [6.45, 7) is 15.6. The number of carboxylic acids is 1. The van der Waals surface area contributed by atoms with E-state index in [9.17, 15) is 29.1 Å². The molecule has 0 spiro atoms. The van der Waals surface area contributed by atoms with Crippen molar-refractivity contribution in [2.75, 3.05) is 71.2 Å². The molecule has 15 N–H and O–H groups in total. The zero-order valence-corrected chi connectivity index (χ0v) is 62.0. The van der Waals surface area contributed by atoms with Crippen LogP contribution in [0, 0.1) is 0 Å². The largest absolute Gasteiger partial charge is 0.478 e. The maximum atomic E-state index is 13.2. The van der Waals surface area contributed by atoms with Gasteiger partial charge in [0.25, 0.3) is 11.8 Å². The first kappa shape index (κ1) is 78.6. The fourth-order valence-corrected chi connectivity index (χ4v) is 11.7. The van der Waals surface area contributed by atoms with Gasteiger partial charge in [-0.05, 0) is 186 Å². The Balaban J connectivity index is 0.000000159. The van der Waals surface area contributed by atoms with Crippen LogP contribution in [0.25, 0.3) is 32.7 Å². The number of carbonyl (C=O) groups is 5. The number of likely N-dealkylation sites (tertiary alicyclic amines) is 2. The highest BCUT2D eigenvalue weighted by molar-refractivity contribution is 6.01. The molecule has 6 aliphatic rings. The van der Waals surface area contributed by atoms with Gasteiger partial charge in [0.05, 0.1) is 44.7 Å². The van der Waals surface area contributed by atoms with Crippen LogP contribution in [0.3, 0.4) is 0 Å². The Morgan fingerprint density at radius 2 is 0.785 bits per heavy atom. The van der Waals surface area contributed by atoms with Gasteiger partial charge >= 0.3 is 18.2 Å². The number of piperidine rings is 3. The Morgan fingerprint density at radius 1 is 0.449 bits per heavy atom. The number of anilines is 9. The smallest absolute Gasteiger partial charge is 0.410 e. The lowest BCUT2D eigenvalue weighted by Gasteiger charge is -2.33. The van der Waals surface area contributed by atoms with Crippen molar-refractivity contribution in [3.63, 3.8) is 0 Å². The molecule has 3 saturated heterocycles. The average molecular weight is 1480 g/mol. The second kappa shape index (κ2) is 35.9. The lowest BCUT2D eigenvalue weighted by atomic mass is 10.0. The van der Waals surface area contributed by atoms with Crippen LogP contribution in [-0.4, -0.2) is 176 Å². The number of nitrogens with zero attached hydrogens (tertiary/aromatic N) is 11. The molecule has 0 bridgehead atoms. The summed E-state index contributed by atoms with van der Waals surface area (Å²) in [7, 11) is 0. The van der Waals surface area contributed by atoms with Crippen LogP contribution in [0.5, 0.6) is 0 Å². The number of amides is 4. The predicted octanol–water partition coefficient (Wildman–Crippen LogP) is 12.3. The maximum Gasteiger partial charge on any atom is 0.410 e. The molecule has 31 heteroatoms. The summed E-state index contributed by atoms with van der Waals surface area (Å²) in [5, 5.41) is 41.6. The van der Waals surface area contributed by atoms with Crippen LogP contribution in [0.4, 0.5) is 61.6 Å². The molecule has 107 heavy (non-hydrogen) atoms. The number of hydrogen-bond donors (Lipinski definition) is 12. The van der Waals surface area contributed by atoms with Crippen molar-refractivity contribution in [1.29, 1.82) is 0 Å². The van der Waals surface area contributed by atoms with Crippen LogP contribution in [0.2, 0.25) is 0 Å². The first-order chi connectivity index (χ1) is 50.5. The third-order valence-electron chi connectivity index (χ3n) is 17.8. The van der Waals surface area contributed by atoms with Gasteiger partial charge in [0.1, 0.15) is 51.7 Å². The molecule has 566 valence electrons. The molecule has 0 unspecified atom stereocenters.